The molecule has 1 spiro atoms. The number of carbonyl (C=O) groups is 1. The minimum atomic E-state index is -0.472. The topological polar surface area (TPSA) is 64.7 Å². The average molecular weight is 330 g/mol. The molecule has 2 aromatic rings. The van der Waals surface area contributed by atoms with E-state index < -0.39 is 5.76 Å². The van der Waals surface area contributed by atoms with Gasteiger partial charge in [-0.1, -0.05) is 6.07 Å². The van der Waals surface area contributed by atoms with Gasteiger partial charge in [-0.2, -0.15) is 0 Å². The maximum atomic E-state index is 12.8. The molecule has 2 aliphatic heterocycles. The van der Waals surface area contributed by atoms with E-state index in [2.05, 4.69) is 0 Å². The first-order valence-corrected chi connectivity index (χ1v) is 8.52. The molecule has 3 heterocycles. The number of carbonyl (C=O) groups excluding carboxylic acids is 1. The zero-order chi connectivity index (χ0) is 16.7. The summed E-state index contributed by atoms with van der Waals surface area (Å²) in [5.41, 5.74) is 2.36. The molecule has 0 aliphatic carbocycles. The van der Waals surface area contributed by atoms with E-state index in [-0.39, 0.29) is 17.9 Å². The van der Waals surface area contributed by atoms with Crippen LogP contribution in [0.1, 0.15) is 24.8 Å². The lowest BCUT2D eigenvalue weighted by atomic mass is 9.79. The van der Waals surface area contributed by atoms with Crippen molar-refractivity contribution in [2.75, 3.05) is 26.3 Å². The van der Waals surface area contributed by atoms with Crippen molar-refractivity contribution in [3.05, 3.63) is 34.3 Å². The van der Waals surface area contributed by atoms with Gasteiger partial charge in [-0.25, -0.2) is 4.79 Å². The lowest BCUT2D eigenvalue weighted by Crippen LogP contribution is -2.47. The summed E-state index contributed by atoms with van der Waals surface area (Å²) in [7, 11) is 0. The van der Waals surface area contributed by atoms with Crippen molar-refractivity contribution in [3.63, 3.8) is 0 Å². The van der Waals surface area contributed by atoms with Gasteiger partial charge >= 0.3 is 5.76 Å². The average Bonchev–Trinajstić information content (AvgIpc) is 3.13. The van der Waals surface area contributed by atoms with Crippen LogP contribution in [0, 0.1) is 12.3 Å². The maximum Gasteiger partial charge on any atom is 0.420 e. The van der Waals surface area contributed by atoms with Crippen LogP contribution >= 0.6 is 0 Å². The molecule has 24 heavy (non-hydrogen) atoms. The van der Waals surface area contributed by atoms with E-state index in [9.17, 15) is 9.59 Å². The highest BCUT2D eigenvalue weighted by molar-refractivity contribution is 5.80. The summed E-state index contributed by atoms with van der Waals surface area (Å²) in [5, 5.41) is 0. The highest BCUT2D eigenvalue weighted by Crippen LogP contribution is 2.37. The van der Waals surface area contributed by atoms with Gasteiger partial charge in [0.25, 0.3) is 0 Å². The van der Waals surface area contributed by atoms with Crippen LogP contribution in [0.2, 0.25) is 0 Å². The lowest BCUT2D eigenvalue weighted by Gasteiger charge is -2.39. The van der Waals surface area contributed by atoms with Gasteiger partial charge in [0.1, 0.15) is 6.54 Å². The van der Waals surface area contributed by atoms with Gasteiger partial charge in [-0.05, 0) is 43.9 Å². The van der Waals surface area contributed by atoms with Crippen LogP contribution in [-0.4, -0.2) is 41.7 Å². The SMILES string of the molecule is Cc1ccc2oc(=O)n(CC(=O)N3CCCC4(CCOC4)C3)c2c1. The largest absolute Gasteiger partial charge is 0.420 e. The zero-order valence-electron chi connectivity index (χ0n) is 13.9. The van der Waals surface area contributed by atoms with Crippen LogP contribution in [0.3, 0.4) is 0 Å². The fraction of sp³-hybridized carbons (Fsp3) is 0.556. The standard InChI is InChI=1S/C18H22N2O4/c1-13-3-4-15-14(9-13)20(17(22)24-15)10-16(21)19-7-2-5-18(11-19)6-8-23-12-18/h3-4,9H,2,5-8,10-12H2,1H3. The second-order valence-corrected chi connectivity index (χ2v) is 7.15. The molecule has 0 bridgehead atoms. The number of fused-ring (bicyclic) bond motifs is 1. The number of piperidine rings is 1. The number of nitrogens with zero attached hydrogens (tertiary/aromatic N) is 2. The number of hydrogen-bond donors (Lipinski definition) is 0. The summed E-state index contributed by atoms with van der Waals surface area (Å²) in [6.07, 6.45) is 3.13. The minimum Gasteiger partial charge on any atom is -0.408 e. The molecule has 1 aromatic carbocycles. The van der Waals surface area contributed by atoms with Crippen LogP contribution in [0.4, 0.5) is 0 Å². The molecular weight excluding hydrogens is 308 g/mol. The van der Waals surface area contributed by atoms with Gasteiger partial charge in [0.2, 0.25) is 5.91 Å². The van der Waals surface area contributed by atoms with Gasteiger partial charge in [0.15, 0.2) is 5.58 Å². The Morgan fingerprint density at radius 3 is 3.00 bits per heavy atom. The molecule has 2 saturated heterocycles. The molecule has 2 fully saturated rings. The van der Waals surface area contributed by atoms with Crippen LogP contribution in [0.15, 0.2) is 27.4 Å². The predicted molar refractivity (Wildman–Crippen MR) is 88.9 cm³/mol. The Kier molecular flexibility index (Phi) is 3.72. The third-order valence-corrected chi connectivity index (χ3v) is 5.32. The summed E-state index contributed by atoms with van der Waals surface area (Å²) in [4.78, 5) is 26.8. The van der Waals surface area contributed by atoms with Gasteiger partial charge < -0.3 is 14.1 Å². The molecule has 0 N–H and O–H groups in total. The van der Waals surface area contributed by atoms with Crippen LogP contribution in [0.25, 0.3) is 11.1 Å². The molecule has 128 valence electrons. The number of ether oxygens (including phenoxy) is 1. The van der Waals surface area contributed by atoms with E-state index in [1.165, 1.54) is 4.57 Å². The zero-order valence-corrected chi connectivity index (χ0v) is 13.9. The van der Waals surface area contributed by atoms with E-state index in [4.69, 9.17) is 9.15 Å². The van der Waals surface area contributed by atoms with Crippen molar-refractivity contribution in [2.45, 2.75) is 32.7 Å². The van der Waals surface area contributed by atoms with E-state index in [1.807, 2.05) is 24.0 Å². The molecule has 1 amide bonds. The number of oxazole rings is 1. The lowest BCUT2D eigenvalue weighted by molar-refractivity contribution is -0.135. The summed E-state index contributed by atoms with van der Waals surface area (Å²) < 4.78 is 12.2. The molecule has 6 nitrogen and oxygen atoms in total. The third-order valence-electron chi connectivity index (χ3n) is 5.32. The normalized spacial score (nSPS) is 24.1. The Morgan fingerprint density at radius 1 is 1.33 bits per heavy atom. The Morgan fingerprint density at radius 2 is 2.21 bits per heavy atom. The van der Waals surface area contributed by atoms with E-state index in [0.717, 1.165) is 51.1 Å². The molecule has 6 heteroatoms. The Bertz CT molecular complexity index is 829. The fourth-order valence-corrected chi connectivity index (χ4v) is 3.95. The number of amides is 1. The first-order valence-electron chi connectivity index (χ1n) is 8.52. The minimum absolute atomic E-state index is 0.0210. The van der Waals surface area contributed by atoms with Crippen molar-refractivity contribution >= 4 is 17.0 Å². The third kappa shape index (κ3) is 2.65. The second-order valence-electron chi connectivity index (χ2n) is 7.15. The molecule has 2 aliphatic rings. The number of aromatic nitrogens is 1. The summed E-state index contributed by atoms with van der Waals surface area (Å²) in [6, 6.07) is 5.56. The van der Waals surface area contributed by atoms with Crippen molar-refractivity contribution in [3.8, 4) is 0 Å². The number of likely N-dealkylation sites (tertiary alicyclic amines) is 1. The molecule has 1 unspecified atom stereocenters. The van der Waals surface area contributed by atoms with Crippen LogP contribution in [0.5, 0.6) is 0 Å². The Labute approximate surface area is 140 Å². The number of aryl methyl sites for hydroxylation is 1. The van der Waals surface area contributed by atoms with Gasteiger partial charge in [-0.15, -0.1) is 0 Å². The first-order chi connectivity index (χ1) is 11.6. The summed E-state index contributed by atoms with van der Waals surface area (Å²) in [5.74, 6) is -0.493. The molecule has 1 atom stereocenters. The molecule has 4 rings (SSSR count). The van der Waals surface area contributed by atoms with Crippen molar-refractivity contribution < 1.29 is 13.9 Å². The quantitative estimate of drug-likeness (QED) is 0.844. The van der Waals surface area contributed by atoms with Crippen molar-refractivity contribution in [2.24, 2.45) is 5.41 Å². The monoisotopic (exact) mass is 330 g/mol. The number of rotatable bonds is 2. The van der Waals surface area contributed by atoms with Gasteiger partial charge in [-0.3, -0.25) is 9.36 Å². The van der Waals surface area contributed by atoms with Crippen molar-refractivity contribution in [1.29, 1.82) is 0 Å². The van der Waals surface area contributed by atoms with Crippen LogP contribution < -0.4 is 5.76 Å². The van der Waals surface area contributed by atoms with E-state index in [0.29, 0.717) is 11.1 Å². The molecule has 0 saturated carbocycles. The Balaban J connectivity index is 1.57. The number of benzene rings is 1. The van der Waals surface area contributed by atoms with Crippen molar-refractivity contribution in [1.82, 2.24) is 9.47 Å². The summed E-state index contributed by atoms with van der Waals surface area (Å²) in [6.45, 7) is 5.00. The number of hydrogen-bond acceptors (Lipinski definition) is 4. The van der Waals surface area contributed by atoms with Gasteiger partial charge in [0, 0.05) is 25.1 Å². The second kappa shape index (κ2) is 5.77. The highest BCUT2D eigenvalue weighted by Gasteiger charge is 2.40. The molecule has 0 radical (unpaired) electrons. The Hall–Kier alpha value is -2.08. The fourth-order valence-electron chi connectivity index (χ4n) is 3.95. The molecular formula is C18H22N2O4. The highest BCUT2D eigenvalue weighted by atomic mass is 16.5. The van der Waals surface area contributed by atoms with Gasteiger partial charge in [0.05, 0.1) is 12.1 Å². The van der Waals surface area contributed by atoms with Crippen LogP contribution in [-0.2, 0) is 16.1 Å². The smallest absolute Gasteiger partial charge is 0.408 e. The predicted octanol–water partition coefficient (Wildman–Crippen LogP) is 1.93. The van der Waals surface area contributed by atoms with E-state index >= 15 is 0 Å². The van der Waals surface area contributed by atoms with E-state index in [1.54, 1.807) is 6.07 Å². The first kappa shape index (κ1) is 15.4. The summed E-state index contributed by atoms with van der Waals surface area (Å²) >= 11 is 0. The molecule has 1 aromatic heterocycles. The maximum absolute atomic E-state index is 12.8.